The molecule has 0 bridgehead atoms. The van der Waals surface area contributed by atoms with Crippen LogP contribution >= 0.6 is 12.2 Å². The van der Waals surface area contributed by atoms with E-state index in [-0.39, 0.29) is 11.7 Å². The normalized spacial score (nSPS) is 16.6. The van der Waals surface area contributed by atoms with Crippen molar-refractivity contribution in [3.05, 3.63) is 40.2 Å². The Morgan fingerprint density at radius 3 is 3.00 bits per heavy atom. The topological polar surface area (TPSA) is 66.6 Å². The van der Waals surface area contributed by atoms with Gasteiger partial charge in [0, 0.05) is 36.7 Å². The summed E-state index contributed by atoms with van der Waals surface area (Å²) in [5.74, 6) is 0.792. The van der Waals surface area contributed by atoms with Gasteiger partial charge in [-0.1, -0.05) is 0 Å². The summed E-state index contributed by atoms with van der Waals surface area (Å²) >= 11 is 5.43. The number of pyridine rings is 1. The van der Waals surface area contributed by atoms with Crippen LogP contribution in [0, 0.1) is 0 Å². The van der Waals surface area contributed by atoms with E-state index < -0.39 is 0 Å². The third kappa shape index (κ3) is 4.34. The van der Waals surface area contributed by atoms with Gasteiger partial charge in [0.15, 0.2) is 5.11 Å². The molecule has 1 aromatic heterocycles. The molecular formula is C19H25N3O3S. The Bertz CT molecular complexity index is 830. The molecule has 7 heteroatoms. The summed E-state index contributed by atoms with van der Waals surface area (Å²) in [5.41, 5.74) is 1.36. The third-order valence-electron chi connectivity index (χ3n) is 4.51. The Labute approximate surface area is 158 Å². The molecular weight excluding hydrogens is 350 g/mol. The van der Waals surface area contributed by atoms with E-state index >= 15 is 0 Å². The lowest BCUT2D eigenvalue weighted by atomic mass is 10.1. The lowest BCUT2D eigenvalue weighted by molar-refractivity contribution is 0.0898. The second-order valence-electron chi connectivity index (χ2n) is 6.38. The molecule has 1 aliphatic heterocycles. The SMILES string of the molecule is CCOc1ccc2[nH]c(=O)c(CN(C[C@@H]3CCCO3)C(=S)NC)cc2c1. The minimum atomic E-state index is -0.0992. The molecule has 1 fully saturated rings. The fraction of sp³-hybridized carbons (Fsp3) is 0.474. The first-order valence-electron chi connectivity index (χ1n) is 8.97. The number of hydrogen-bond acceptors (Lipinski definition) is 4. The summed E-state index contributed by atoms with van der Waals surface area (Å²) in [6.45, 7) is 4.46. The fourth-order valence-electron chi connectivity index (χ4n) is 3.22. The molecule has 3 rings (SSSR count). The zero-order valence-electron chi connectivity index (χ0n) is 15.2. The molecule has 0 amide bonds. The second kappa shape index (κ2) is 8.51. The van der Waals surface area contributed by atoms with E-state index in [0.717, 1.165) is 36.1 Å². The fourth-order valence-corrected chi connectivity index (χ4v) is 3.36. The summed E-state index contributed by atoms with van der Waals surface area (Å²) in [6, 6.07) is 7.59. The lowest BCUT2D eigenvalue weighted by Gasteiger charge is -2.27. The van der Waals surface area contributed by atoms with Crippen molar-refractivity contribution in [2.75, 3.05) is 26.8 Å². The molecule has 0 unspecified atom stereocenters. The molecule has 0 saturated carbocycles. The largest absolute Gasteiger partial charge is 0.494 e. The standard InChI is InChI=1S/C19H25N3O3S/c1-3-24-15-6-7-17-13(10-15)9-14(18(23)21-17)11-22(19(26)20-2)12-16-5-4-8-25-16/h6-7,9-10,16H,3-5,8,11-12H2,1-2H3,(H,20,26)(H,21,23)/t16-/m0/s1. The van der Waals surface area contributed by atoms with Crippen LogP contribution in [0.25, 0.3) is 10.9 Å². The number of benzene rings is 1. The van der Waals surface area contributed by atoms with Crippen LogP contribution in [0.4, 0.5) is 0 Å². The van der Waals surface area contributed by atoms with Gasteiger partial charge in [0.2, 0.25) is 0 Å². The highest BCUT2D eigenvalue weighted by molar-refractivity contribution is 7.80. The maximum Gasteiger partial charge on any atom is 0.253 e. The summed E-state index contributed by atoms with van der Waals surface area (Å²) < 4.78 is 11.3. The molecule has 2 N–H and O–H groups in total. The molecule has 140 valence electrons. The number of aromatic amines is 1. The smallest absolute Gasteiger partial charge is 0.253 e. The van der Waals surface area contributed by atoms with E-state index in [4.69, 9.17) is 21.7 Å². The molecule has 0 radical (unpaired) electrons. The van der Waals surface area contributed by atoms with Crippen LogP contribution in [-0.4, -0.2) is 47.9 Å². The van der Waals surface area contributed by atoms with Crippen molar-refractivity contribution in [3.63, 3.8) is 0 Å². The molecule has 2 aromatic rings. The zero-order valence-corrected chi connectivity index (χ0v) is 16.0. The van der Waals surface area contributed by atoms with Gasteiger partial charge in [0.25, 0.3) is 5.56 Å². The van der Waals surface area contributed by atoms with E-state index in [0.29, 0.717) is 30.4 Å². The van der Waals surface area contributed by atoms with Gasteiger partial charge >= 0.3 is 0 Å². The van der Waals surface area contributed by atoms with Gasteiger partial charge in [-0.25, -0.2) is 0 Å². The third-order valence-corrected chi connectivity index (χ3v) is 4.98. The van der Waals surface area contributed by atoms with Gasteiger partial charge in [0.1, 0.15) is 5.75 Å². The molecule has 1 aromatic carbocycles. The molecule has 1 aliphatic rings. The highest BCUT2D eigenvalue weighted by Gasteiger charge is 2.21. The van der Waals surface area contributed by atoms with Crippen molar-refractivity contribution in [1.82, 2.24) is 15.2 Å². The van der Waals surface area contributed by atoms with Crippen molar-refractivity contribution in [2.45, 2.75) is 32.4 Å². The van der Waals surface area contributed by atoms with Crippen LogP contribution in [0.1, 0.15) is 25.3 Å². The predicted molar refractivity (Wildman–Crippen MR) is 107 cm³/mol. The maximum atomic E-state index is 12.5. The minimum absolute atomic E-state index is 0.0992. The summed E-state index contributed by atoms with van der Waals surface area (Å²) in [4.78, 5) is 17.5. The molecule has 0 spiro atoms. The van der Waals surface area contributed by atoms with E-state index in [1.807, 2.05) is 36.1 Å². The molecule has 6 nitrogen and oxygen atoms in total. The lowest BCUT2D eigenvalue weighted by Crippen LogP contribution is -2.42. The van der Waals surface area contributed by atoms with Crippen LogP contribution in [0.5, 0.6) is 5.75 Å². The highest BCUT2D eigenvalue weighted by atomic mass is 32.1. The van der Waals surface area contributed by atoms with Crippen LogP contribution in [0.3, 0.4) is 0 Å². The summed E-state index contributed by atoms with van der Waals surface area (Å²) in [5, 5.41) is 4.57. The van der Waals surface area contributed by atoms with Gasteiger partial charge in [-0.2, -0.15) is 0 Å². The summed E-state index contributed by atoms with van der Waals surface area (Å²) in [7, 11) is 1.80. The number of nitrogens with zero attached hydrogens (tertiary/aromatic N) is 1. The number of rotatable bonds is 6. The second-order valence-corrected chi connectivity index (χ2v) is 6.76. The van der Waals surface area contributed by atoms with Gasteiger partial charge in [-0.3, -0.25) is 4.79 Å². The van der Waals surface area contributed by atoms with Gasteiger partial charge in [0.05, 0.1) is 19.3 Å². The van der Waals surface area contributed by atoms with Crippen molar-refractivity contribution in [2.24, 2.45) is 0 Å². The highest BCUT2D eigenvalue weighted by Crippen LogP contribution is 2.20. The first-order chi connectivity index (χ1) is 12.6. The average molecular weight is 375 g/mol. The number of ether oxygens (including phenoxy) is 2. The monoisotopic (exact) mass is 375 g/mol. The zero-order chi connectivity index (χ0) is 18.5. The number of nitrogens with one attached hydrogen (secondary N) is 2. The van der Waals surface area contributed by atoms with E-state index in [1.165, 1.54) is 0 Å². The van der Waals surface area contributed by atoms with E-state index in [1.54, 1.807) is 7.05 Å². The van der Waals surface area contributed by atoms with Crippen LogP contribution in [-0.2, 0) is 11.3 Å². The van der Waals surface area contributed by atoms with Gasteiger partial charge in [-0.15, -0.1) is 0 Å². The Hall–Kier alpha value is -2.12. The Morgan fingerprint density at radius 2 is 2.31 bits per heavy atom. The van der Waals surface area contributed by atoms with E-state index in [9.17, 15) is 4.79 Å². The van der Waals surface area contributed by atoms with Gasteiger partial charge < -0.3 is 24.7 Å². The first-order valence-corrected chi connectivity index (χ1v) is 9.38. The Morgan fingerprint density at radius 1 is 1.46 bits per heavy atom. The van der Waals surface area contributed by atoms with Crippen molar-refractivity contribution in [1.29, 1.82) is 0 Å². The Balaban J connectivity index is 1.87. The van der Waals surface area contributed by atoms with Crippen molar-refractivity contribution in [3.8, 4) is 5.75 Å². The number of hydrogen-bond donors (Lipinski definition) is 2. The Kier molecular flexibility index (Phi) is 6.11. The number of thiocarbonyl (C=S) groups is 1. The first kappa shape index (κ1) is 18.7. The van der Waals surface area contributed by atoms with E-state index in [2.05, 4.69) is 10.3 Å². The number of H-pyrrole nitrogens is 1. The average Bonchev–Trinajstić information content (AvgIpc) is 3.14. The number of aromatic nitrogens is 1. The molecule has 26 heavy (non-hydrogen) atoms. The van der Waals surface area contributed by atoms with Crippen LogP contribution < -0.4 is 15.6 Å². The molecule has 2 heterocycles. The number of fused-ring (bicyclic) bond motifs is 1. The van der Waals surface area contributed by atoms with Crippen LogP contribution in [0.15, 0.2) is 29.1 Å². The van der Waals surface area contributed by atoms with Crippen LogP contribution in [0.2, 0.25) is 0 Å². The molecule has 0 aliphatic carbocycles. The van der Waals surface area contributed by atoms with Crippen molar-refractivity contribution < 1.29 is 9.47 Å². The van der Waals surface area contributed by atoms with Crippen molar-refractivity contribution >= 4 is 28.2 Å². The quantitative estimate of drug-likeness (QED) is 0.756. The predicted octanol–water partition coefficient (Wildman–Crippen LogP) is 2.41. The summed E-state index contributed by atoms with van der Waals surface area (Å²) in [6.07, 6.45) is 2.25. The molecule has 1 atom stereocenters. The minimum Gasteiger partial charge on any atom is -0.494 e. The maximum absolute atomic E-state index is 12.5. The van der Waals surface area contributed by atoms with Gasteiger partial charge in [-0.05, 0) is 56.2 Å². The molecule has 1 saturated heterocycles.